The number of aliphatic hydroxyl groups excluding tert-OH is 3. The molecule has 7 heteroatoms. The summed E-state index contributed by atoms with van der Waals surface area (Å²) in [7, 11) is 0. The van der Waals surface area contributed by atoms with Crippen molar-refractivity contribution >= 4 is 5.97 Å². The molecule has 0 bridgehead atoms. The second kappa shape index (κ2) is 24.2. The highest BCUT2D eigenvalue weighted by Gasteiger charge is 2.59. The highest BCUT2D eigenvalue weighted by atomic mass is 16.7. The van der Waals surface area contributed by atoms with Gasteiger partial charge in [0.1, 0.15) is 31.0 Å². The molecule has 60 heavy (non-hydrogen) atoms. The zero-order chi connectivity index (χ0) is 43.3. The van der Waals surface area contributed by atoms with Crippen molar-refractivity contribution < 1.29 is 34.3 Å². The first-order chi connectivity index (χ1) is 28.8. The fraction of sp³-hybridized carbons (Fsp3) is 0.906. The standard InChI is InChI=1S/C53H92O7/c1-8-10-11-12-13-14-15-16-17-18-19-20-21-22-23-24-47(54)58-36-46-48(55)49(56)50(57)51(60-46)59-41-31-33-52(6)40(35-41)27-28-42-44-30-29-43(53(44,7)34-32-45(42)52)38(5)25-26-39(9-2)37(3)4/h16-17,27,37-39,41-46,48-51,55-57H,8-15,18-26,28-36H2,1-7H3/b17-16-/t38-,39+,41+,42+,43-,44+,45+,46-,48-,49+,50-,51-,52+,53-/m1/s1. The highest BCUT2D eigenvalue weighted by molar-refractivity contribution is 5.69. The third-order valence-corrected chi connectivity index (χ3v) is 17.3. The lowest BCUT2D eigenvalue weighted by atomic mass is 9.47. The summed E-state index contributed by atoms with van der Waals surface area (Å²) >= 11 is 0. The van der Waals surface area contributed by atoms with Crippen LogP contribution >= 0.6 is 0 Å². The van der Waals surface area contributed by atoms with E-state index < -0.39 is 30.7 Å². The van der Waals surface area contributed by atoms with Gasteiger partial charge in [0.2, 0.25) is 0 Å². The van der Waals surface area contributed by atoms with E-state index in [2.05, 4.69) is 66.7 Å². The van der Waals surface area contributed by atoms with Gasteiger partial charge in [-0.1, -0.05) is 136 Å². The Balaban J connectivity index is 1.02. The number of aliphatic hydroxyl groups is 3. The maximum atomic E-state index is 12.6. The number of esters is 1. The molecule has 0 unspecified atom stereocenters. The SMILES string of the molecule is CCCCCCCC/C=C\CCCCCCCC(=O)OC[C@H]1O[C@@H](O[C@H]2CC[C@@]3(C)C(=CC[C@H]4[C@@H]5CC[C@H]([C@H](C)CC[C@H](CC)C(C)C)[C@@]5(C)CC[C@@H]43)C2)[C@H](O)[C@@H](O)[C@@H]1O. The molecular weight excluding hydrogens is 749 g/mol. The summed E-state index contributed by atoms with van der Waals surface area (Å²) in [4.78, 5) is 12.6. The number of unbranched alkanes of at least 4 members (excludes halogenated alkanes) is 11. The number of carbonyl (C=O) groups excluding carboxylic acids is 1. The van der Waals surface area contributed by atoms with Crippen molar-refractivity contribution in [2.45, 2.75) is 246 Å². The van der Waals surface area contributed by atoms with Crippen LogP contribution in [-0.4, -0.2) is 64.7 Å². The van der Waals surface area contributed by atoms with E-state index >= 15 is 0 Å². The molecule has 3 saturated carbocycles. The number of hydrogen-bond acceptors (Lipinski definition) is 7. The van der Waals surface area contributed by atoms with E-state index in [0.29, 0.717) is 17.8 Å². The predicted molar refractivity (Wildman–Crippen MR) is 244 cm³/mol. The van der Waals surface area contributed by atoms with Crippen molar-refractivity contribution in [3.05, 3.63) is 23.8 Å². The fourth-order valence-electron chi connectivity index (χ4n) is 13.3. The van der Waals surface area contributed by atoms with Crippen LogP contribution in [0.25, 0.3) is 0 Å². The minimum atomic E-state index is -1.45. The molecule has 0 amide bonds. The van der Waals surface area contributed by atoms with Gasteiger partial charge >= 0.3 is 5.97 Å². The van der Waals surface area contributed by atoms with Gasteiger partial charge in [-0.2, -0.15) is 0 Å². The molecule has 1 aliphatic heterocycles. The second-order valence-corrected chi connectivity index (χ2v) is 21.5. The van der Waals surface area contributed by atoms with Crippen molar-refractivity contribution in [2.24, 2.45) is 52.3 Å². The van der Waals surface area contributed by atoms with E-state index in [1.54, 1.807) is 0 Å². The topological polar surface area (TPSA) is 105 Å². The van der Waals surface area contributed by atoms with Crippen LogP contribution in [-0.2, 0) is 19.0 Å². The summed E-state index contributed by atoms with van der Waals surface area (Å²) in [5.74, 6) is 5.21. The normalized spacial score (nSPS) is 36.4. The van der Waals surface area contributed by atoms with E-state index in [0.717, 1.165) is 93.3 Å². The molecular formula is C53H92O7. The van der Waals surface area contributed by atoms with E-state index in [-0.39, 0.29) is 24.1 Å². The number of hydrogen-bond donors (Lipinski definition) is 3. The average Bonchev–Trinajstić information content (AvgIpc) is 3.59. The highest BCUT2D eigenvalue weighted by Crippen LogP contribution is 2.67. The molecule has 0 radical (unpaired) electrons. The van der Waals surface area contributed by atoms with Crippen molar-refractivity contribution in [1.29, 1.82) is 0 Å². The Labute approximate surface area is 367 Å². The number of carbonyl (C=O) groups is 1. The van der Waals surface area contributed by atoms with Gasteiger partial charge < -0.3 is 29.5 Å². The quantitative estimate of drug-likeness (QED) is 0.0477. The lowest BCUT2D eigenvalue weighted by Gasteiger charge is -2.58. The maximum absolute atomic E-state index is 12.6. The smallest absolute Gasteiger partial charge is 0.305 e. The van der Waals surface area contributed by atoms with Crippen molar-refractivity contribution in [2.75, 3.05) is 6.61 Å². The number of fused-ring (bicyclic) bond motifs is 5. The second-order valence-electron chi connectivity index (χ2n) is 21.5. The molecule has 7 nitrogen and oxygen atoms in total. The van der Waals surface area contributed by atoms with Crippen LogP contribution in [0.5, 0.6) is 0 Å². The van der Waals surface area contributed by atoms with E-state index in [4.69, 9.17) is 14.2 Å². The molecule has 0 aromatic carbocycles. The molecule has 5 rings (SSSR count). The maximum Gasteiger partial charge on any atom is 0.305 e. The summed E-state index contributed by atoms with van der Waals surface area (Å²) in [5, 5.41) is 32.5. The Morgan fingerprint density at radius 2 is 1.50 bits per heavy atom. The zero-order valence-electron chi connectivity index (χ0n) is 39.6. The third kappa shape index (κ3) is 12.7. The van der Waals surface area contributed by atoms with Gasteiger partial charge in [-0.15, -0.1) is 0 Å². The molecule has 4 aliphatic carbocycles. The van der Waals surface area contributed by atoms with Crippen molar-refractivity contribution in [3.63, 3.8) is 0 Å². The molecule has 0 spiro atoms. The number of rotatable bonds is 25. The first kappa shape index (κ1) is 49.8. The van der Waals surface area contributed by atoms with Crippen LogP contribution in [0.1, 0.15) is 209 Å². The van der Waals surface area contributed by atoms with E-state index in [1.165, 1.54) is 102 Å². The Hall–Kier alpha value is -1.25. The van der Waals surface area contributed by atoms with Crippen molar-refractivity contribution in [1.82, 2.24) is 0 Å². The minimum Gasteiger partial charge on any atom is -0.463 e. The van der Waals surface area contributed by atoms with Gasteiger partial charge in [-0.3, -0.25) is 4.79 Å². The monoisotopic (exact) mass is 841 g/mol. The molecule has 3 N–H and O–H groups in total. The molecule has 346 valence electrons. The summed E-state index contributed by atoms with van der Waals surface area (Å²) in [5.41, 5.74) is 2.12. The van der Waals surface area contributed by atoms with Crippen LogP contribution in [0.4, 0.5) is 0 Å². The minimum absolute atomic E-state index is 0.143. The largest absolute Gasteiger partial charge is 0.463 e. The summed E-state index contributed by atoms with van der Waals surface area (Å²) in [6, 6.07) is 0. The summed E-state index contributed by atoms with van der Waals surface area (Å²) in [6.07, 6.45) is 30.1. The van der Waals surface area contributed by atoms with E-state index in [1.807, 2.05) is 0 Å². The third-order valence-electron chi connectivity index (χ3n) is 17.3. The van der Waals surface area contributed by atoms with Crippen LogP contribution < -0.4 is 0 Å². The molecule has 1 heterocycles. The molecule has 4 fully saturated rings. The zero-order valence-corrected chi connectivity index (χ0v) is 39.6. The molecule has 0 aromatic rings. The average molecular weight is 841 g/mol. The Kier molecular flexibility index (Phi) is 20.0. The van der Waals surface area contributed by atoms with Crippen LogP contribution in [0, 0.1) is 52.3 Å². The fourth-order valence-corrected chi connectivity index (χ4v) is 13.3. The van der Waals surface area contributed by atoms with Gasteiger partial charge in [0.25, 0.3) is 0 Å². The lowest BCUT2D eigenvalue weighted by Crippen LogP contribution is -2.60. The van der Waals surface area contributed by atoms with Gasteiger partial charge in [0, 0.05) is 6.42 Å². The Bertz CT molecular complexity index is 1330. The van der Waals surface area contributed by atoms with Crippen LogP contribution in [0.15, 0.2) is 23.8 Å². The van der Waals surface area contributed by atoms with Gasteiger partial charge in [-0.05, 0) is 142 Å². The van der Waals surface area contributed by atoms with Crippen LogP contribution in [0.2, 0.25) is 0 Å². The molecule has 5 aliphatic rings. The summed E-state index contributed by atoms with van der Waals surface area (Å²) in [6.45, 7) is 17.0. The van der Waals surface area contributed by atoms with Crippen LogP contribution in [0.3, 0.4) is 0 Å². The first-order valence-electron chi connectivity index (χ1n) is 25.7. The Morgan fingerprint density at radius 3 is 2.18 bits per heavy atom. The number of ether oxygens (including phenoxy) is 3. The first-order valence-corrected chi connectivity index (χ1v) is 25.7. The van der Waals surface area contributed by atoms with Gasteiger partial charge in [0.15, 0.2) is 6.29 Å². The molecule has 0 aromatic heterocycles. The van der Waals surface area contributed by atoms with Gasteiger partial charge in [0.05, 0.1) is 6.10 Å². The Morgan fingerprint density at radius 1 is 0.817 bits per heavy atom. The number of allylic oxidation sites excluding steroid dienone is 3. The molecule has 1 saturated heterocycles. The summed E-state index contributed by atoms with van der Waals surface area (Å²) < 4.78 is 18.0. The molecule has 14 atom stereocenters. The van der Waals surface area contributed by atoms with E-state index in [9.17, 15) is 20.1 Å². The predicted octanol–water partition coefficient (Wildman–Crippen LogP) is 12.4. The van der Waals surface area contributed by atoms with Crippen molar-refractivity contribution in [3.8, 4) is 0 Å². The van der Waals surface area contributed by atoms with Gasteiger partial charge in [-0.25, -0.2) is 0 Å². The lowest BCUT2D eigenvalue weighted by molar-refractivity contribution is -0.313.